The number of likely N-dealkylation sites (tertiary alicyclic amines) is 1. The highest BCUT2D eigenvalue weighted by molar-refractivity contribution is 6.46. The van der Waals surface area contributed by atoms with Crippen LogP contribution in [0.1, 0.15) is 17.2 Å². The van der Waals surface area contributed by atoms with Crippen LogP contribution in [0.4, 0.5) is 4.39 Å². The fourth-order valence-corrected chi connectivity index (χ4v) is 4.10. The van der Waals surface area contributed by atoms with Crippen molar-refractivity contribution in [2.45, 2.75) is 6.04 Å². The number of hydrogen-bond acceptors (Lipinski definition) is 5. The Labute approximate surface area is 189 Å². The summed E-state index contributed by atoms with van der Waals surface area (Å²) in [5.41, 5.74) is -0.133. The van der Waals surface area contributed by atoms with Gasteiger partial charge in [0.05, 0.1) is 29.3 Å². The molecule has 1 unspecified atom stereocenters. The van der Waals surface area contributed by atoms with Crippen LogP contribution in [0.15, 0.2) is 42.0 Å². The number of aliphatic hydroxyl groups excluding tert-OH is 1. The zero-order valence-electron chi connectivity index (χ0n) is 17.2. The Bertz CT molecular complexity index is 1070. The number of carbonyl (C=O) groups is 2. The van der Waals surface area contributed by atoms with Gasteiger partial charge in [0, 0.05) is 23.7 Å². The van der Waals surface area contributed by atoms with Crippen LogP contribution in [0.25, 0.3) is 5.76 Å². The van der Waals surface area contributed by atoms with E-state index in [4.69, 9.17) is 27.9 Å². The molecule has 0 bridgehead atoms. The summed E-state index contributed by atoms with van der Waals surface area (Å²) in [5, 5.41) is 11.4. The molecule has 1 fully saturated rings. The van der Waals surface area contributed by atoms with Gasteiger partial charge in [0.1, 0.15) is 17.3 Å². The Hall–Kier alpha value is -2.61. The van der Waals surface area contributed by atoms with Gasteiger partial charge in [0.15, 0.2) is 0 Å². The predicted octanol–water partition coefficient (Wildman–Crippen LogP) is 4.12. The van der Waals surface area contributed by atoms with Crippen molar-refractivity contribution in [2.75, 3.05) is 34.3 Å². The maximum absolute atomic E-state index is 14.7. The number of halogens is 3. The summed E-state index contributed by atoms with van der Waals surface area (Å²) >= 11 is 12.3. The molecule has 9 heteroatoms. The van der Waals surface area contributed by atoms with Crippen molar-refractivity contribution < 1.29 is 23.8 Å². The molecule has 0 aliphatic carbocycles. The molecule has 1 saturated heterocycles. The van der Waals surface area contributed by atoms with Gasteiger partial charge < -0.3 is 19.6 Å². The summed E-state index contributed by atoms with van der Waals surface area (Å²) in [6, 6.07) is 7.48. The molecular formula is C22H21Cl2FN2O4. The smallest absolute Gasteiger partial charge is 0.295 e. The van der Waals surface area contributed by atoms with Gasteiger partial charge in [-0.05, 0) is 32.3 Å². The number of amides is 1. The summed E-state index contributed by atoms with van der Waals surface area (Å²) in [6.07, 6.45) is 0. The first-order valence-corrected chi connectivity index (χ1v) is 10.1. The minimum Gasteiger partial charge on any atom is -0.507 e. The molecule has 6 nitrogen and oxygen atoms in total. The van der Waals surface area contributed by atoms with Crippen LogP contribution >= 0.6 is 23.2 Å². The highest BCUT2D eigenvalue weighted by Crippen LogP contribution is 2.43. The van der Waals surface area contributed by atoms with Crippen LogP contribution in [0, 0.1) is 5.82 Å². The van der Waals surface area contributed by atoms with E-state index in [1.807, 2.05) is 19.0 Å². The third kappa shape index (κ3) is 4.39. The van der Waals surface area contributed by atoms with Crippen molar-refractivity contribution >= 4 is 40.7 Å². The van der Waals surface area contributed by atoms with E-state index in [1.165, 1.54) is 42.3 Å². The molecule has 0 radical (unpaired) electrons. The summed E-state index contributed by atoms with van der Waals surface area (Å²) in [4.78, 5) is 28.9. The molecule has 1 aliphatic rings. The van der Waals surface area contributed by atoms with Crippen LogP contribution in [-0.2, 0) is 9.59 Å². The van der Waals surface area contributed by atoms with Gasteiger partial charge in [-0.3, -0.25) is 9.59 Å². The summed E-state index contributed by atoms with van der Waals surface area (Å²) < 4.78 is 20.0. The lowest BCUT2D eigenvalue weighted by molar-refractivity contribution is -0.140. The molecule has 0 aromatic heterocycles. The number of benzene rings is 2. The molecule has 0 saturated carbocycles. The number of nitrogens with zero attached hydrogens (tertiary/aromatic N) is 2. The topological polar surface area (TPSA) is 70.1 Å². The van der Waals surface area contributed by atoms with E-state index in [2.05, 4.69) is 0 Å². The number of hydrogen-bond donors (Lipinski definition) is 1. The van der Waals surface area contributed by atoms with Crippen molar-refractivity contribution in [3.63, 3.8) is 0 Å². The molecule has 164 valence electrons. The quantitative estimate of drug-likeness (QED) is 0.393. The van der Waals surface area contributed by atoms with E-state index >= 15 is 0 Å². The number of ether oxygens (including phenoxy) is 1. The molecule has 2 aromatic carbocycles. The largest absolute Gasteiger partial charge is 0.507 e. The van der Waals surface area contributed by atoms with E-state index in [9.17, 15) is 19.1 Å². The molecule has 1 heterocycles. The molecule has 1 amide bonds. The van der Waals surface area contributed by atoms with Crippen LogP contribution in [0.5, 0.6) is 5.75 Å². The molecule has 1 aliphatic heterocycles. The normalized spacial score (nSPS) is 18.2. The first-order valence-electron chi connectivity index (χ1n) is 9.38. The molecule has 2 aromatic rings. The van der Waals surface area contributed by atoms with E-state index in [1.54, 1.807) is 6.07 Å². The molecule has 0 spiro atoms. The number of Topliss-reactive ketones (excluding diaryl/α,β-unsaturated/α-hetero) is 1. The fraction of sp³-hybridized carbons (Fsp3) is 0.273. The van der Waals surface area contributed by atoms with Crippen LogP contribution in [0.2, 0.25) is 10.0 Å². The van der Waals surface area contributed by atoms with Gasteiger partial charge in [-0.25, -0.2) is 4.39 Å². The maximum Gasteiger partial charge on any atom is 0.295 e. The maximum atomic E-state index is 14.7. The third-order valence-electron chi connectivity index (χ3n) is 5.00. The molecule has 31 heavy (non-hydrogen) atoms. The van der Waals surface area contributed by atoms with E-state index in [0.717, 1.165) is 0 Å². The summed E-state index contributed by atoms with van der Waals surface area (Å²) in [7, 11) is 4.97. The lowest BCUT2D eigenvalue weighted by Crippen LogP contribution is -2.35. The zero-order valence-corrected chi connectivity index (χ0v) is 18.7. The van der Waals surface area contributed by atoms with Crippen LogP contribution < -0.4 is 4.74 Å². The number of aliphatic hydroxyl groups is 1. The predicted molar refractivity (Wildman–Crippen MR) is 117 cm³/mol. The number of rotatable bonds is 6. The summed E-state index contributed by atoms with van der Waals surface area (Å²) in [6.45, 7) is 0.588. The SMILES string of the molecule is COc1c(Cl)cc(Cl)cc1/C(O)=C1\C(=O)C(=O)N(CCN(C)C)C1c1ccccc1F. The molecular weight excluding hydrogens is 446 g/mol. The van der Waals surface area contributed by atoms with Gasteiger partial charge in [-0.2, -0.15) is 0 Å². The highest BCUT2D eigenvalue weighted by Gasteiger charge is 2.47. The van der Waals surface area contributed by atoms with E-state index in [-0.39, 0.29) is 39.0 Å². The van der Waals surface area contributed by atoms with Gasteiger partial charge in [-0.15, -0.1) is 0 Å². The summed E-state index contributed by atoms with van der Waals surface area (Å²) in [5.74, 6) is -2.83. The standard InChI is InChI=1S/C22H21Cl2FN2O4/c1-26(2)8-9-27-18(13-6-4-5-7-16(13)25)17(20(29)22(27)30)19(28)14-10-12(23)11-15(24)21(14)31-3/h4-7,10-11,18,28H,8-9H2,1-3H3/b19-17+. The first-order chi connectivity index (χ1) is 14.7. The Morgan fingerprint density at radius 2 is 1.90 bits per heavy atom. The van der Waals surface area contributed by atoms with Crippen molar-refractivity contribution in [1.29, 1.82) is 0 Å². The van der Waals surface area contributed by atoms with Gasteiger partial charge in [-0.1, -0.05) is 41.4 Å². The highest BCUT2D eigenvalue weighted by atomic mass is 35.5. The Morgan fingerprint density at radius 3 is 2.52 bits per heavy atom. The second-order valence-corrected chi connectivity index (χ2v) is 8.13. The second-order valence-electron chi connectivity index (χ2n) is 7.29. The minimum absolute atomic E-state index is 0.0342. The van der Waals surface area contributed by atoms with Gasteiger partial charge in [0.25, 0.3) is 11.7 Å². The lowest BCUT2D eigenvalue weighted by atomic mass is 9.94. The number of methoxy groups -OCH3 is 1. The number of ketones is 1. The Morgan fingerprint density at radius 1 is 1.23 bits per heavy atom. The van der Waals surface area contributed by atoms with Crippen LogP contribution in [0.3, 0.4) is 0 Å². The third-order valence-corrected chi connectivity index (χ3v) is 5.49. The van der Waals surface area contributed by atoms with Crippen LogP contribution in [-0.4, -0.2) is 60.9 Å². The van der Waals surface area contributed by atoms with Gasteiger partial charge >= 0.3 is 0 Å². The second kappa shape index (κ2) is 9.26. The Kier molecular flexibility index (Phi) is 6.89. The fourth-order valence-electron chi connectivity index (χ4n) is 3.53. The number of likely N-dealkylation sites (N-methyl/N-ethyl adjacent to an activating group) is 1. The number of carbonyl (C=O) groups excluding carboxylic acids is 2. The first kappa shape index (κ1) is 23.1. The molecule has 1 atom stereocenters. The molecule has 3 rings (SSSR count). The van der Waals surface area contributed by atoms with Crippen molar-refractivity contribution in [2.24, 2.45) is 0 Å². The Balaban J connectivity index is 2.27. The van der Waals surface area contributed by atoms with E-state index in [0.29, 0.717) is 6.54 Å². The van der Waals surface area contributed by atoms with Gasteiger partial charge in [0.2, 0.25) is 0 Å². The van der Waals surface area contributed by atoms with E-state index < -0.39 is 29.3 Å². The van der Waals surface area contributed by atoms with Crippen molar-refractivity contribution in [1.82, 2.24) is 9.80 Å². The van der Waals surface area contributed by atoms with Crippen molar-refractivity contribution in [3.05, 3.63) is 69.0 Å². The average molecular weight is 467 g/mol. The zero-order chi connectivity index (χ0) is 22.9. The average Bonchev–Trinajstić information content (AvgIpc) is 2.96. The molecule has 1 N–H and O–H groups in total. The lowest BCUT2D eigenvalue weighted by Gasteiger charge is -2.27. The monoisotopic (exact) mass is 466 g/mol. The minimum atomic E-state index is -1.12. The van der Waals surface area contributed by atoms with Crippen molar-refractivity contribution in [3.8, 4) is 5.75 Å².